The van der Waals surface area contributed by atoms with Crippen LogP contribution in [0.3, 0.4) is 0 Å². The van der Waals surface area contributed by atoms with Crippen LogP contribution in [0.25, 0.3) is 0 Å². The van der Waals surface area contributed by atoms with E-state index >= 15 is 0 Å². The lowest BCUT2D eigenvalue weighted by Crippen LogP contribution is -2.33. The van der Waals surface area contributed by atoms with E-state index in [1.165, 1.54) is 25.0 Å². The van der Waals surface area contributed by atoms with Crippen LogP contribution < -0.4 is 5.32 Å². The summed E-state index contributed by atoms with van der Waals surface area (Å²) in [6.07, 6.45) is 6.86. The van der Waals surface area contributed by atoms with E-state index in [0.29, 0.717) is 0 Å². The third-order valence-electron chi connectivity index (χ3n) is 3.88. The third kappa shape index (κ3) is 3.51. The zero-order chi connectivity index (χ0) is 12.1. The molecule has 0 radical (unpaired) electrons. The first-order valence-electron chi connectivity index (χ1n) is 6.57. The lowest BCUT2D eigenvalue weighted by molar-refractivity contribution is 0.244. The minimum absolute atomic E-state index is 0.720. The second kappa shape index (κ2) is 6.12. The number of pyridine rings is 1. The van der Waals surface area contributed by atoms with Crippen LogP contribution >= 0.6 is 0 Å². The number of hydrogen-bond donors (Lipinski definition) is 1. The maximum atomic E-state index is 4.37. The summed E-state index contributed by atoms with van der Waals surface area (Å²) in [6, 6.07) is 7.61. The fourth-order valence-electron chi connectivity index (χ4n) is 2.64. The highest BCUT2D eigenvalue weighted by molar-refractivity contribution is 5.03. The lowest BCUT2D eigenvalue weighted by Gasteiger charge is -2.24. The Kier molecular flexibility index (Phi) is 4.51. The topological polar surface area (TPSA) is 28.2 Å². The van der Waals surface area contributed by atoms with Gasteiger partial charge in [0.05, 0.1) is 0 Å². The molecule has 1 aliphatic rings. The van der Waals surface area contributed by atoms with Crippen LogP contribution in [0.15, 0.2) is 24.4 Å². The minimum atomic E-state index is 0.720. The second-order valence-corrected chi connectivity index (χ2v) is 5.00. The van der Waals surface area contributed by atoms with E-state index in [0.717, 1.165) is 25.0 Å². The fourth-order valence-corrected chi connectivity index (χ4v) is 2.64. The highest BCUT2D eigenvalue weighted by Crippen LogP contribution is 2.23. The molecule has 17 heavy (non-hydrogen) atoms. The van der Waals surface area contributed by atoms with Crippen molar-refractivity contribution in [1.29, 1.82) is 0 Å². The molecule has 0 aliphatic heterocycles. The number of likely N-dealkylation sites (N-methyl/N-ethyl adjacent to an activating group) is 1. The summed E-state index contributed by atoms with van der Waals surface area (Å²) in [5, 5.41) is 3.38. The molecule has 2 atom stereocenters. The van der Waals surface area contributed by atoms with Crippen LogP contribution in [-0.2, 0) is 6.42 Å². The molecule has 94 valence electrons. The van der Waals surface area contributed by atoms with Crippen LogP contribution in [0.2, 0.25) is 0 Å². The van der Waals surface area contributed by atoms with E-state index in [-0.39, 0.29) is 0 Å². The normalized spacial score (nSPS) is 24.4. The Balaban J connectivity index is 1.76. The van der Waals surface area contributed by atoms with Crippen molar-refractivity contribution in [3.8, 4) is 0 Å². The van der Waals surface area contributed by atoms with Crippen LogP contribution in [0.4, 0.5) is 0 Å². The van der Waals surface area contributed by atoms with Gasteiger partial charge in [-0.1, -0.05) is 6.07 Å². The predicted octanol–water partition coefficient (Wildman–Crippen LogP) is 1.70. The lowest BCUT2D eigenvalue weighted by atomic mass is 10.2. The molecule has 3 heteroatoms. The van der Waals surface area contributed by atoms with Gasteiger partial charge >= 0.3 is 0 Å². The summed E-state index contributed by atoms with van der Waals surface area (Å²) < 4.78 is 0. The van der Waals surface area contributed by atoms with Gasteiger partial charge in [0.15, 0.2) is 0 Å². The Morgan fingerprint density at radius 1 is 1.41 bits per heavy atom. The first-order valence-corrected chi connectivity index (χ1v) is 6.57. The zero-order valence-corrected chi connectivity index (χ0v) is 10.9. The number of nitrogens with one attached hydrogen (secondary N) is 1. The van der Waals surface area contributed by atoms with E-state index in [2.05, 4.69) is 41.4 Å². The molecule has 1 aromatic heterocycles. The second-order valence-electron chi connectivity index (χ2n) is 5.00. The average molecular weight is 233 g/mol. The van der Waals surface area contributed by atoms with Crippen molar-refractivity contribution in [3.63, 3.8) is 0 Å². The molecule has 1 saturated carbocycles. The van der Waals surface area contributed by atoms with Crippen LogP contribution in [0, 0.1) is 0 Å². The van der Waals surface area contributed by atoms with Gasteiger partial charge in [0, 0.05) is 36.9 Å². The summed E-state index contributed by atoms with van der Waals surface area (Å²) in [5.41, 5.74) is 1.20. The molecule has 1 aromatic rings. The predicted molar refractivity (Wildman–Crippen MR) is 71.1 cm³/mol. The molecule has 2 unspecified atom stereocenters. The maximum Gasteiger partial charge on any atom is 0.0416 e. The van der Waals surface area contributed by atoms with E-state index in [1.54, 1.807) is 0 Å². The first kappa shape index (κ1) is 12.5. The van der Waals surface area contributed by atoms with Crippen molar-refractivity contribution in [3.05, 3.63) is 30.1 Å². The molecule has 1 fully saturated rings. The van der Waals surface area contributed by atoms with Crippen molar-refractivity contribution >= 4 is 0 Å². The molecule has 0 bridgehead atoms. The van der Waals surface area contributed by atoms with Gasteiger partial charge in [0.25, 0.3) is 0 Å². The average Bonchev–Trinajstić information content (AvgIpc) is 2.86. The summed E-state index contributed by atoms with van der Waals surface area (Å²) >= 11 is 0. The highest BCUT2D eigenvalue weighted by Gasteiger charge is 2.25. The summed E-state index contributed by atoms with van der Waals surface area (Å²) in [7, 11) is 4.31. The van der Waals surface area contributed by atoms with E-state index in [9.17, 15) is 0 Å². The Morgan fingerprint density at radius 2 is 2.29 bits per heavy atom. The van der Waals surface area contributed by atoms with Crippen molar-refractivity contribution < 1.29 is 0 Å². The minimum Gasteiger partial charge on any atom is -0.317 e. The number of hydrogen-bond acceptors (Lipinski definition) is 3. The van der Waals surface area contributed by atoms with Gasteiger partial charge in [-0.3, -0.25) is 4.98 Å². The van der Waals surface area contributed by atoms with Crippen molar-refractivity contribution in [2.24, 2.45) is 0 Å². The largest absolute Gasteiger partial charge is 0.317 e. The Hall–Kier alpha value is -0.930. The molecule has 0 spiro atoms. The van der Waals surface area contributed by atoms with Crippen LogP contribution in [0.5, 0.6) is 0 Å². The number of rotatable bonds is 5. The van der Waals surface area contributed by atoms with Crippen molar-refractivity contribution in [2.75, 3.05) is 20.6 Å². The molecule has 3 nitrogen and oxygen atoms in total. The fraction of sp³-hybridized carbons (Fsp3) is 0.643. The van der Waals surface area contributed by atoms with Crippen molar-refractivity contribution in [1.82, 2.24) is 15.2 Å². The first-order chi connectivity index (χ1) is 8.29. The third-order valence-corrected chi connectivity index (χ3v) is 3.88. The summed E-state index contributed by atoms with van der Waals surface area (Å²) in [4.78, 5) is 6.86. The van der Waals surface area contributed by atoms with Gasteiger partial charge in [-0.15, -0.1) is 0 Å². The van der Waals surface area contributed by atoms with Gasteiger partial charge < -0.3 is 10.2 Å². The number of nitrogens with zero attached hydrogens (tertiary/aromatic N) is 2. The van der Waals surface area contributed by atoms with Gasteiger partial charge in [-0.2, -0.15) is 0 Å². The monoisotopic (exact) mass is 233 g/mol. The van der Waals surface area contributed by atoms with Crippen LogP contribution in [-0.4, -0.2) is 42.6 Å². The molecule has 0 saturated heterocycles. The quantitative estimate of drug-likeness (QED) is 0.839. The Morgan fingerprint density at radius 3 is 2.94 bits per heavy atom. The molecule has 1 aliphatic carbocycles. The van der Waals surface area contributed by atoms with Gasteiger partial charge in [0.2, 0.25) is 0 Å². The molecular weight excluding hydrogens is 210 g/mol. The van der Waals surface area contributed by atoms with Gasteiger partial charge in [-0.25, -0.2) is 0 Å². The highest BCUT2D eigenvalue weighted by atomic mass is 15.1. The van der Waals surface area contributed by atoms with Gasteiger partial charge in [0.1, 0.15) is 0 Å². The smallest absolute Gasteiger partial charge is 0.0416 e. The molecule has 1 N–H and O–H groups in total. The molecule has 0 amide bonds. The molecule has 1 heterocycles. The summed E-state index contributed by atoms with van der Waals surface area (Å²) in [6.45, 7) is 1.11. The standard InChI is InChI=1S/C14H23N3/c1-15-13-6-7-14(11-13)17(2)10-8-12-5-3-4-9-16-12/h3-5,9,13-15H,6-8,10-11H2,1-2H3. The van der Waals surface area contributed by atoms with E-state index in [1.807, 2.05) is 12.3 Å². The SMILES string of the molecule is CNC1CCC(N(C)CCc2ccccn2)C1. The van der Waals surface area contributed by atoms with E-state index < -0.39 is 0 Å². The van der Waals surface area contributed by atoms with Crippen molar-refractivity contribution in [2.45, 2.75) is 37.8 Å². The number of aromatic nitrogens is 1. The molecule has 0 aromatic carbocycles. The zero-order valence-electron chi connectivity index (χ0n) is 10.9. The Bertz CT molecular complexity index is 325. The van der Waals surface area contributed by atoms with Gasteiger partial charge in [-0.05, 0) is 45.5 Å². The van der Waals surface area contributed by atoms with Crippen LogP contribution in [0.1, 0.15) is 25.0 Å². The summed E-state index contributed by atoms with van der Waals surface area (Å²) in [5.74, 6) is 0. The molecule has 2 rings (SSSR count). The Labute approximate surface area is 104 Å². The maximum absolute atomic E-state index is 4.37. The van der Waals surface area contributed by atoms with E-state index in [4.69, 9.17) is 0 Å². The molecular formula is C14H23N3.